The van der Waals surface area contributed by atoms with Crippen molar-refractivity contribution < 1.29 is 18.7 Å². The van der Waals surface area contributed by atoms with Gasteiger partial charge in [-0.2, -0.15) is 5.10 Å². The molecule has 4 aromatic rings. The largest absolute Gasteiger partial charge is 0.496 e. The summed E-state index contributed by atoms with van der Waals surface area (Å²) in [5.74, 6) is -0.310. The first-order chi connectivity index (χ1) is 14.1. The van der Waals surface area contributed by atoms with Crippen LogP contribution in [-0.2, 0) is 4.79 Å². The molecular formula is C21H17FN4O3. The van der Waals surface area contributed by atoms with E-state index in [1.807, 2.05) is 0 Å². The number of ether oxygens (including phenoxy) is 2. The molecular weight excluding hydrogens is 375 g/mol. The smallest absolute Gasteiger partial charge is 0.229 e. The Morgan fingerprint density at radius 2 is 2.03 bits per heavy atom. The highest BCUT2D eigenvalue weighted by Crippen LogP contribution is 2.36. The van der Waals surface area contributed by atoms with Gasteiger partial charge in [-0.05, 0) is 30.3 Å². The van der Waals surface area contributed by atoms with Crippen LogP contribution in [-0.4, -0.2) is 28.2 Å². The van der Waals surface area contributed by atoms with Crippen molar-refractivity contribution in [1.29, 1.82) is 0 Å². The van der Waals surface area contributed by atoms with Gasteiger partial charge in [-0.1, -0.05) is 6.07 Å². The number of fused-ring (bicyclic) bond motifs is 1. The van der Waals surface area contributed by atoms with Crippen LogP contribution >= 0.6 is 0 Å². The molecule has 0 saturated carbocycles. The number of hydrogen-bond donors (Lipinski definition) is 2. The first-order valence-electron chi connectivity index (χ1n) is 8.75. The van der Waals surface area contributed by atoms with Crippen LogP contribution in [0, 0.1) is 5.82 Å². The van der Waals surface area contributed by atoms with Gasteiger partial charge < -0.3 is 15.2 Å². The first kappa shape index (κ1) is 18.4. The Labute approximate surface area is 165 Å². The van der Waals surface area contributed by atoms with E-state index < -0.39 is 11.8 Å². The molecule has 3 N–H and O–H groups in total. The van der Waals surface area contributed by atoms with Gasteiger partial charge in [0.05, 0.1) is 24.7 Å². The standard InChI is InChI=1S/C21H17FN4O3/c1-28-19-9-14(3-4-15(19)20(21(23)27)12-10-25-26-11-12)29-18-6-7-24-17-5-2-13(22)8-16(17)18/h2-11,20H,1H3,(H2,23,27)(H,25,26). The molecule has 0 radical (unpaired) electrons. The third kappa shape index (κ3) is 3.60. The van der Waals surface area contributed by atoms with Crippen LogP contribution in [0.5, 0.6) is 17.2 Å². The molecule has 1 unspecified atom stereocenters. The Hall–Kier alpha value is -3.94. The Balaban J connectivity index is 1.72. The van der Waals surface area contributed by atoms with Gasteiger partial charge in [-0.15, -0.1) is 0 Å². The molecule has 0 saturated heterocycles. The second kappa shape index (κ2) is 7.59. The highest BCUT2D eigenvalue weighted by Gasteiger charge is 2.25. The molecule has 2 aromatic heterocycles. The number of aromatic nitrogens is 3. The zero-order valence-corrected chi connectivity index (χ0v) is 15.4. The summed E-state index contributed by atoms with van der Waals surface area (Å²) in [6.07, 6.45) is 4.73. The Morgan fingerprint density at radius 3 is 2.76 bits per heavy atom. The molecule has 1 amide bonds. The van der Waals surface area contributed by atoms with Crippen molar-refractivity contribution in [3.05, 3.63) is 78.0 Å². The van der Waals surface area contributed by atoms with Crippen LogP contribution in [0.3, 0.4) is 0 Å². The lowest BCUT2D eigenvalue weighted by Crippen LogP contribution is -2.22. The fourth-order valence-electron chi connectivity index (χ4n) is 3.22. The minimum absolute atomic E-state index is 0.382. The van der Waals surface area contributed by atoms with E-state index in [1.165, 1.54) is 25.4 Å². The van der Waals surface area contributed by atoms with Crippen LogP contribution < -0.4 is 15.2 Å². The second-order valence-electron chi connectivity index (χ2n) is 6.34. The van der Waals surface area contributed by atoms with Crippen molar-refractivity contribution in [2.45, 2.75) is 5.92 Å². The SMILES string of the molecule is COc1cc(Oc2ccnc3ccc(F)cc23)ccc1C(C(N)=O)c1cn[nH]c1. The maximum Gasteiger partial charge on any atom is 0.229 e. The van der Waals surface area contributed by atoms with Crippen molar-refractivity contribution in [2.75, 3.05) is 7.11 Å². The summed E-state index contributed by atoms with van der Waals surface area (Å²) in [5.41, 5.74) is 7.43. The number of halogens is 1. The van der Waals surface area contributed by atoms with Gasteiger partial charge in [0.25, 0.3) is 0 Å². The number of nitrogens with two attached hydrogens (primary N) is 1. The number of carbonyl (C=O) groups excluding carboxylic acids is 1. The van der Waals surface area contributed by atoms with E-state index >= 15 is 0 Å². The van der Waals surface area contributed by atoms with Crippen LogP contribution in [0.15, 0.2) is 61.1 Å². The maximum atomic E-state index is 13.7. The number of amides is 1. The highest BCUT2D eigenvalue weighted by molar-refractivity contribution is 5.87. The van der Waals surface area contributed by atoms with Gasteiger partial charge in [0, 0.05) is 35.0 Å². The minimum Gasteiger partial charge on any atom is -0.496 e. The Kier molecular flexibility index (Phi) is 4.82. The van der Waals surface area contributed by atoms with Crippen molar-refractivity contribution in [3.8, 4) is 17.2 Å². The predicted octanol–water partition coefficient (Wildman–Crippen LogP) is 3.52. The quantitative estimate of drug-likeness (QED) is 0.523. The third-order valence-corrected chi connectivity index (χ3v) is 4.54. The van der Waals surface area contributed by atoms with E-state index in [2.05, 4.69) is 15.2 Å². The lowest BCUT2D eigenvalue weighted by Gasteiger charge is -2.17. The summed E-state index contributed by atoms with van der Waals surface area (Å²) in [5, 5.41) is 7.10. The normalized spacial score (nSPS) is 11.9. The topological polar surface area (TPSA) is 103 Å². The molecule has 4 rings (SSSR count). The van der Waals surface area contributed by atoms with Crippen LogP contribution in [0.2, 0.25) is 0 Å². The van der Waals surface area contributed by atoms with Gasteiger partial charge in [-0.3, -0.25) is 14.9 Å². The van der Waals surface area contributed by atoms with Gasteiger partial charge in [0.15, 0.2) is 0 Å². The zero-order valence-electron chi connectivity index (χ0n) is 15.4. The average molecular weight is 392 g/mol. The number of primary amides is 1. The summed E-state index contributed by atoms with van der Waals surface area (Å²) in [7, 11) is 1.49. The molecule has 7 nitrogen and oxygen atoms in total. The number of hydrogen-bond acceptors (Lipinski definition) is 5. The number of carbonyl (C=O) groups is 1. The number of H-pyrrole nitrogens is 1. The number of aromatic amines is 1. The molecule has 146 valence electrons. The molecule has 2 heterocycles. The summed E-state index contributed by atoms with van der Waals surface area (Å²) >= 11 is 0. The molecule has 0 fully saturated rings. The van der Waals surface area contributed by atoms with E-state index in [4.69, 9.17) is 15.2 Å². The van der Waals surface area contributed by atoms with Crippen molar-refractivity contribution in [3.63, 3.8) is 0 Å². The fraction of sp³-hybridized carbons (Fsp3) is 0.0952. The molecule has 0 aliphatic heterocycles. The molecule has 0 aliphatic carbocycles. The first-order valence-corrected chi connectivity index (χ1v) is 8.75. The van der Waals surface area contributed by atoms with Crippen molar-refractivity contribution in [1.82, 2.24) is 15.2 Å². The number of methoxy groups -OCH3 is 1. The van der Waals surface area contributed by atoms with Crippen molar-refractivity contribution in [2.24, 2.45) is 5.73 Å². The van der Waals surface area contributed by atoms with Crippen LogP contribution in [0.25, 0.3) is 10.9 Å². The lowest BCUT2D eigenvalue weighted by atomic mass is 9.92. The van der Waals surface area contributed by atoms with E-state index in [1.54, 1.807) is 42.7 Å². The molecule has 0 bridgehead atoms. The molecule has 1 atom stereocenters. The van der Waals surface area contributed by atoms with Crippen molar-refractivity contribution >= 4 is 16.8 Å². The molecule has 8 heteroatoms. The minimum atomic E-state index is -0.728. The summed E-state index contributed by atoms with van der Waals surface area (Å²) < 4.78 is 25.1. The monoisotopic (exact) mass is 392 g/mol. The third-order valence-electron chi connectivity index (χ3n) is 4.54. The summed E-state index contributed by atoms with van der Waals surface area (Å²) in [4.78, 5) is 16.3. The van der Waals surface area contributed by atoms with Crippen LogP contribution in [0.1, 0.15) is 17.0 Å². The number of nitrogens with zero attached hydrogens (tertiary/aromatic N) is 2. The summed E-state index contributed by atoms with van der Waals surface area (Å²) in [6, 6.07) is 11.0. The maximum absolute atomic E-state index is 13.7. The van der Waals surface area contributed by atoms with Crippen LogP contribution in [0.4, 0.5) is 4.39 Å². The van der Waals surface area contributed by atoms with E-state index in [9.17, 15) is 9.18 Å². The predicted molar refractivity (Wildman–Crippen MR) is 104 cm³/mol. The molecule has 29 heavy (non-hydrogen) atoms. The van der Waals surface area contributed by atoms with Gasteiger partial charge >= 0.3 is 0 Å². The van der Waals surface area contributed by atoms with Gasteiger partial charge in [0.2, 0.25) is 5.91 Å². The Bertz CT molecular complexity index is 1180. The van der Waals surface area contributed by atoms with E-state index in [-0.39, 0.29) is 5.82 Å². The number of rotatable bonds is 6. The average Bonchev–Trinajstić information content (AvgIpc) is 3.23. The number of nitrogens with one attached hydrogen (secondary N) is 1. The fourth-order valence-corrected chi connectivity index (χ4v) is 3.22. The van der Waals surface area contributed by atoms with E-state index in [0.29, 0.717) is 39.3 Å². The summed E-state index contributed by atoms with van der Waals surface area (Å²) in [6.45, 7) is 0. The zero-order chi connectivity index (χ0) is 20.4. The number of benzene rings is 2. The molecule has 2 aromatic carbocycles. The van der Waals surface area contributed by atoms with Gasteiger partial charge in [0.1, 0.15) is 23.1 Å². The number of pyridine rings is 1. The molecule has 0 spiro atoms. The Morgan fingerprint density at radius 1 is 1.17 bits per heavy atom. The van der Waals surface area contributed by atoms with Gasteiger partial charge in [-0.25, -0.2) is 4.39 Å². The lowest BCUT2D eigenvalue weighted by molar-refractivity contribution is -0.118. The van der Waals surface area contributed by atoms with E-state index in [0.717, 1.165) is 0 Å². The molecule has 0 aliphatic rings. The second-order valence-corrected chi connectivity index (χ2v) is 6.34. The highest BCUT2D eigenvalue weighted by atomic mass is 19.1.